The number of azide groups is 1. The molecule has 0 N–H and O–H groups in total. The monoisotopic (exact) mass is 175 g/mol. The van der Waals surface area contributed by atoms with Crippen LogP contribution in [0.3, 0.4) is 0 Å². The van der Waals surface area contributed by atoms with E-state index in [1.807, 2.05) is 0 Å². The minimum absolute atomic E-state index is 0.0685. The maximum Gasteiger partial charge on any atom is 0.328 e. The highest BCUT2D eigenvalue weighted by atomic mass is 35.5. The highest BCUT2D eigenvalue weighted by Crippen LogP contribution is 2.10. The topological polar surface area (TPSA) is 75.1 Å². The van der Waals surface area contributed by atoms with Gasteiger partial charge in [0.15, 0.2) is 5.38 Å². The lowest BCUT2D eigenvalue weighted by molar-refractivity contribution is -0.139. The van der Waals surface area contributed by atoms with Crippen LogP contribution in [0.25, 0.3) is 10.4 Å². The van der Waals surface area contributed by atoms with Gasteiger partial charge in [-0.2, -0.15) is 0 Å². The normalized spacial score (nSPS) is 11.1. The minimum atomic E-state index is -1.10. The van der Waals surface area contributed by atoms with Crippen LogP contribution in [-0.4, -0.2) is 18.5 Å². The molecule has 0 fully saturated rings. The fraction of sp³-hybridized carbons (Fsp3) is 0.400. The second-order valence-electron chi connectivity index (χ2n) is 1.57. The number of methoxy groups -OCH3 is 1. The lowest BCUT2D eigenvalue weighted by Gasteiger charge is -2.03. The Morgan fingerprint density at radius 3 is 2.82 bits per heavy atom. The largest absolute Gasteiger partial charge is 0.468 e. The van der Waals surface area contributed by atoms with Crippen LogP contribution in [-0.2, 0) is 9.53 Å². The van der Waals surface area contributed by atoms with E-state index in [0.29, 0.717) is 0 Å². The summed E-state index contributed by atoms with van der Waals surface area (Å²) in [6.07, 6.45) is 0. The van der Waals surface area contributed by atoms with E-state index in [0.717, 1.165) is 0 Å². The third-order valence-corrected chi connectivity index (χ3v) is 1.30. The summed E-state index contributed by atoms with van der Waals surface area (Å²) < 4.78 is 4.26. The Kier molecular flexibility index (Phi) is 4.10. The van der Waals surface area contributed by atoms with Crippen molar-refractivity contribution in [3.63, 3.8) is 0 Å². The zero-order valence-electron chi connectivity index (χ0n) is 5.82. The number of carbonyl (C=O) groups is 1. The summed E-state index contributed by atoms with van der Waals surface area (Å²) in [4.78, 5) is 13.0. The second kappa shape index (κ2) is 4.60. The van der Waals surface area contributed by atoms with E-state index in [-0.39, 0.29) is 5.70 Å². The Bertz CT molecular complexity index is 222. The maximum atomic E-state index is 10.6. The molecule has 0 heterocycles. The Morgan fingerprint density at radius 1 is 1.91 bits per heavy atom. The van der Waals surface area contributed by atoms with Crippen LogP contribution in [0.15, 0.2) is 17.4 Å². The van der Waals surface area contributed by atoms with Crippen molar-refractivity contribution in [3.05, 3.63) is 22.7 Å². The third kappa shape index (κ3) is 2.93. The lowest BCUT2D eigenvalue weighted by atomic mass is 10.3. The minimum Gasteiger partial charge on any atom is -0.468 e. The average Bonchev–Trinajstić information content (AvgIpc) is 2.02. The molecule has 0 aromatic rings. The number of halogens is 1. The number of hydrogen-bond acceptors (Lipinski definition) is 3. The Hall–Kier alpha value is -1.19. The highest BCUT2D eigenvalue weighted by Gasteiger charge is 2.17. The first kappa shape index (κ1) is 9.81. The molecule has 0 saturated heterocycles. The van der Waals surface area contributed by atoms with Crippen LogP contribution in [0.4, 0.5) is 0 Å². The van der Waals surface area contributed by atoms with Crippen molar-refractivity contribution in [1.29, 1.82) is 0 Å². The molecule has 1 atom stereocenters. The number of esters is 1. The van der Waals surface area contributed by atoms with Crippen molar-refractivity contribution >= 4 is 17.6 Å². The summed E-state index contributed by atoms with van der Waals surface area (Å²) in [5.41, 5.74) is 7.86. The molecule has 6 heteroatoms. The van der Waals surface area contributed by atoms with Crippen molar-refractivity contribution in [3.8, 4) is 0 Å². The standard InChI is InChI=1S/C5H6ClN3O2/c1-3(8-9-7)4(6)5(10)11-2/h4H,1H2,2H3. The van der Waals surface area contributed by atoms with E-state index >= 15 is 0 Å². The van der Waals surface area contributed by atoms with Crippen molar-refractivity contribution in [1.82, 2.24) is 0 Å². The van der Waals surface area contributed by atoms with Crippen LogP contribution < -0.4 is 0 Å². The predicted molar refractivity (Wildman–Crippen MR) is 39.9 cm³/mol. The van der Waals surface area contributed by atoms with E-state index in [9.17, 15) is 4.79 Å². The molecular weight excluding hydrogens is 170 g/mol. The Morgan fingerprint density at radius 2 is 2.45 bits per heavy atom. The van der Waals surface area contributed by atoms with Crippen molar-refractivity contribution < 1.29 is 9.53 Å². The van der Waals surface area contributed by atoms with E-state index in [4.69, 9.17) is 17.1 Å². The van der Waals surface area contributed by atoms with Gasteiger partial charge in [-0.15, -0.1) is 11.6 Å². The van der Waals surface area contributed by atoms with Crippen molar-refractivity contribution in [2.24, 2.45) is 5.11 Å². The molecular formula is C5H6ClN3O2. The molecule has 11 heavy (non-hydrogen) atoms. The number of hydrogen-bond donors (Lipinski definition) is 0. The molecule has 0 aliphatic rings. The fourth-order valence-electron chi connectivity index (χ4n) is 0.348. The predicted octanol–water partition coefficient (Wildman–Crippen LogP) is 1.59. The summed E-state index contributed by atoms with van der Waals surface area (Å²) in [6, 6.07) is 0. The third-order valence-electron chi connectivity index (χ3n) is 0.874. The van der Waals surface area contributed by atoms with Crippen LogP contribution >= 0.6 is 11.6 Å². The van der Waals surface area contributed by atoms with Gasteiger partial charge in [0.25, 0.3) is 0 Å². The first-order chi connectivity index (χ1) is 5.13. The molecule has 5 nitrogen and oxygen atoms in total. The van der Waals surface area contributed by atoms with Gasteiger partial charge in [0.2, 0.25) is 0 Å². The van der Waals surface area contributed by atoms with Crippen molar-refractivity contribution in [2.45, 2.75) is 5.38 Å². The van der Waals surface area contributed by atoms with E-state index in [1.54, 1.807) is 0 Å². The van der Waals surface area contributed by atoms with E-state index < -0.39 is 11.3 Å². The van der Waals surface area contributed by atoms with Gasteiger partial charge in [-0.3, -0.25) is 4.79 Å². The van der Waals surface area contributed by atoms with Gasteiger partial charge in [-0.05, 0) is 5.53 Å². The summed E-state index contributed by atoms with van der Waals surface area (Å²) in [6.45, 7) is 3.26. The molecule has 0 bridgehead atoms. The number of alkyl halides is 1. The van der Waals surface area contributed by atoms with Gasteiger partial charge < -0.3 is 4.74 Å². The molecule has 1 unspecified atom stereocenters. The average molecular weight is 176 g/mol. The Labute approximate surface area is 68.2 Å². The van der Waals surface area contributed by atoms with E-state index in [2.05, 4.69) is 21.3 Å². The number of ether oxygens (including phenoxy) is 1. The molecule has 0 aliphatic carbocycles. The van der Waals surface area contributed by atoms with Gasteiger partial charge in [0.05, 0.1) is 7.11 Å². The summed E-state index contributed by atoms with van der Waals surface area (Å²) >= 11 is 5.42. The molecule has 0 rings (SSSR count). The molecule has 0 aliphatic heterocycles. The van der Waals surface area contributed by atoms with Gasteiger partial charge in [0, 0.05) is 10.6 Å². The van der Waals surface area contributed by atoms with E-state index in [1.165, 1.54) is 7.11 Å². The number of nitrogens with zero attached hydrogens (tertiary/aromatic N) is 3. The molecule has 0 aromatic carbocycles. The van der Waals surface area contributed by atoms with Crippen LogP contribution in [0.1, 0.15) is 0 Å². The van der Waals surface area contributed by atoms with Gasteiger partial charge >= 0.3 is 5.97 Å². The zero-order valence-corrected chi connectivity index (χ0v) is 6.58. The first-order valence-corrected chi connectivity index (χ1v) is 3.03. The van der Waals surface area contributed by atoms with Crippen molar-refractivity contribution in [2.75, 3.05) is 7.11 Å². The van der Waals surface area contributed by atoms with Gasteiger partial charge in [0.1, 0.15) is 0 Å². The lowest BCUT2D eigenvalue weighted by Crippen LogP contribution is -2.16. The molecule has 0 saturated carbocycles. The zero-order chi connectivity index (χ0) is 8.85. The molecule has 0 radical (unpaired) electrons. The van der Waals surface area contributed by atoms with Crippen LogP contribution in [0, 0.1) is 0 Å². The van der Waals surface area contributed by atoms with Gasteiger partial charge in [-0.25, -0.2) is 0 Å². The summed E-state index contributed by atoms with van der Waals surface area (Å²) in [7, 11) is 1.18. The number of rotatable bonds is 3. The molecule has 0 aromatic heterocycles. The number of carbonyl (C=O) groups excluding carboxylic acids is 1. The molecule has 0 amide bonds. The van der Waals surface area contributed by atoms with Crippen LogP contribution in [0.5, 0.6) is 0 Å². The van der Waals surface area contributed by atoms with Crippen LogP contribution in [0.2, 0.25) is 0 Å². The first-order valence-electron chi connectivity index (χ1n) is 2.59. The summed E-state index contributed by atoms with van der Waals surface area (Å²) in [5, 5.41) is 1.95. The maximum absolute atomic E-state index is 10.6. The highest BCUT2D eigenvalue weighted by molar-refractivity contribution is 6.31. The van der Waals surface area contributed by atoms with Gasteiger partial charge in [-0.1, -0.05) is 11.7 Å². The Balaban J connectivity index is 4.24. The summed E-state index contributed by atoms with van der Waals surface area (Å²) in [5.74, 6) is -0.691. The molecule has 0 spiro atoms. The smallest absolute Gasteiger partial charge is 0.328 e. The quantitative estimate of drug-likeness (QED) is 0.215. The molecule has 60 valence electrons. The SMILES string of the molecule is C=C(N=[N+]=[N-])C(Cl)C(=O)OC. The second-order valence-corrected chi connectivity index (χ2v) is 2.00. The fourth-order valence-corrected chi connectivity index (χ4v) is 0.480.